The maximum absolute atomic E-state index is 12.5. The van der Waals surface area contributed by atoms with Crippen molar-refractivity contribution in [1.82, 2.24) is 15.0 Å². The topological polar surface area (TPSA) is 87.7 Å². The van der Waals surface area contributed by atoms with Crippen LogP contribution in [0.2, 0.25) is 0 Å². The van der Waals surface area contributed by atoms with Crippen molar-refractivity contribution in [3.8, 4) is 0 Å². The lowest BCUT2D eigenvalue weighted by molar-refractivity contribution is 0.102. The van der Waals surface area contributed by atoms with E-state index in [1.54, 1.807) is 6.92 Å². The van der Waals surface area contributed by atoms with Crippen LogP contribution in [-0.4, -0.2) is 20.9 Å². The largest absolute Gasteiger partial charge is 0.292 e. The molecule has 0 saturated heterocycles. The summed E-state index contributed by atoms with van der Waals surface area (Å²) in [5.74, 6) is -0.0913. The van der Waals surface area contributed by atoms with E-state index in [2.05, 4.69) is 20.3 Å². The molecule has 120 valence electrons. The lowest BCUT2D eigenvalue weighted by Gasteiger charge is -2.15. The summed E-state index contributed by atoms with van der Waals surface area (Å²) >= 11 is 0. The fourth-order valence-corrected chi connectivity index (χ4v) is 3.20. The second-order valence-corrected chi connectivity index (χ2v) is 6.04. The van der Waals surface area contributed by atoms with Gasteiger partial charge in [-0.15, -0.1) is 0 Å². The zero-order valence-electron chi connectivity index (χ0n) is 13.6. The van der Waals surface area contributed by atoms with E-state index < -0.39 is 0 Å². The van der Waals surface area contributed by atoms with Gasteiger partial charge in [0.05, 0.1) is 17.0 Å². The van der Waals surface area contributed by atoms with Crippen LogP contribution >= 0.6 is 0 Å². The van der Waals surface area contributed by atoms with E-state index in [-0.39, 0.29) is 17.4 Å². The smallest absolute Gasteiger partial charge is 0.260 e. The van der Waals surface area contributed by atoms with Gasteiger partial charge in [-0.05, 0) is 58.1 Å². The number of carbonyl (C=O) groups excluding carboxylic acids is 1. The molecule has 3 rings (SSSR count). The predicted molar refractivity (Wildman–Crippen MR) is 87.9 cm³/mol. The maximum Gasteiger partial charge on any atom is 0.260 e. The van der Waals surface area contributed by atoms with Gasteiger partial charge >= 0.3 is 0 Å². The molecule has 1 aliphatic carbocycles. The van der Waals surface area contributed by atoms with Crippen LogP contribution in [-0.2, 0) is 12.8 Å². The fourth-order valence-electron chi connectivity index (χ4n) is 3.20. The van der Waals surface area contributed by atoms with Crippen LogP contribution in [0.5, 0.6) is 0 Å². The lowest BCUT2D eigenvalue weighted by atomic mass is 9.97. The third-order valence-corrected chi connectivity index (χ3v) is 4.18. The molecule has 2 aromatic heterocycles. The minimum Gasteiger partial charge on any atom is -0.292 e. The molecule has 0 aromatic carbocycles. The Balaban J connectivity index is 1.92. The SMILES string of the molecule is Cc1cc(C)c(C(=O)Nc2nc3c(c(=O)[nH]2)CCCC3)c(C)n1. The third-order valence-electron chi connectivity index (χ3n) is 4.18. The van der Waals surface area contributed by atoms with Crippen molar-refractivity contribution in [3.63, 3.8) is 0 Å². The molecule has 6 heteroatoms. The molecule has 23 heavy (non-hydrogen) atoms. The van der Waals surface area contributed by atoms with Crippen LogP contribution in [0.4, 0.5) is 5.95 Å². The fraction of sp³-hybridized carbons (Fsp3) is 0.412. The normalized spacial score (nSPS) is 13.5. The summed E-state index contributed by atoms with van der Waals surface area (Å²) < 4.78 is 0. The number of hydrogen-bond donors (Lipinski definition) is 2. The Morgan fingerprint density at radius 2 is 1.91 bits per heavy atom. The van der Waals surface area contributed by atoms with Crippen LogP contribution in [0.25, 0.3) is 0 Å². The Morgan fingerprint density at radius 1 is 1.17 bits per heavy atom. The van der Waals surface area contributed by atoms with Gasteiger partial charge in [-0.3, -0.25) is 24.9 Å². The third kappa shape index (κ3) is 3.02. The van der Waals surface area contributed by atoms with Gasteiger partial charge in [0.2, 0.25) is 5.95 Å². The molecule has 1 aliphatic rings. The number of hydrogen-bond acceptors (Lipinski definition) is 4. The number of rotatable bonds is 2. The Hall–Kier alpha value is -2.50. The average molecular weight is 312 g/mol. The second-order valence-electron chi connectivity index (χ2n) is 6.04. The van der Waals surface area contributed by atoms with Crippen molar-refractivity contribution in [3.05, 3.63) is 50.2 Å². The van der Waals surface area contributed by atoms with Gasteiger partial charge in [-0.25, -0.2) is 4.98 Å². The van der Waals surface area contributed by atoms with Crippen molar-refractivity contribution in [2.75, 3.05) is 5.32 Å². The Labute approximate surface area is 134 Å². The number of amides is 1. The molecule has 0 fully saturated rings. The van der Waals surface area contributed by atoms with E-state index in [1.165, 1.54) is 0 Å². The van der Waals surface area contributed by atoms with E-state index in [0.717, 1.165) is 48.2 Å². The standard InChI is InChI=1S/C17H20N4O2/c1-9-8-10(2)18-11(3)14(9)16(23)21-17-19-13-7-5-4-6-12(13)15(22)20-17/h8H,4-7H2,1-3H3,(H2,19,20,21,22,23). The minimum absolute atomic E-state index is 0.152. The molecular formula is C17H20N4O2. The predicted octanol–water partition coefficient (Wildman–Crippen LogP) is 2.22. The number of anilines is 1. The molecule has 1 amide bonds. The molecular weight excluding hydrogens is 292 g/mol. The van der Waals surface area contributed by atoms with Crippen LogP contribution < -0.4 is 10.9 Å². The zero-order valence-corrected chi connectivity index (χ0v) is 13.6. The van der Waals surface area contributed by atoms with Crippen molar-refractivity contribution >= 4 is 11.9 Å². The molecule has 0 atom stereocenters. The van der Waals surface area contributed by atoms with Crippen LogP contribution in [0.15, 0.2) is 10.9 Å². The van der Waals surface area contributed by atoms with Crippen LogP contribution in [0.3, 0.4) is 0 Å². The maximum atomic E-state index is 12.5. The Kier molecular flexibility index (Phi) is 3.98. The summed E-state index contributed by atoms with van der Waals surface area (Å²) in [5, 5.41) is 2.70. The summed E-state index contributed by atoms with van der Waals surface area (Å²) in [6, 6.07) is 1.87. The van der Waals surface area contributed by atoms with Crippen molar-refractivity contribution in [2.24, 2.45) is 0 Å². The number of H-pyrrole nitrogens is 1. The molecule has 6 nitrogen and oxygen atoms in total. The quantitative estimate of drug-likeness (QED) is 0.890. The second kappa shape index (κ2) is 5.95. The highest BCUT2D eigenvalue weighted by Gasteiger charge is 2.18. The number of nitrogens with zero attached hydrogens (tertiary/aromatic N) is 2. The molecule has 0 unspecified atom stereocenters. The van der Waals surface area contributed by atoms with Gasteiger partial charge in [0.15, 0.2) is 0 Å². The number of carbonyl (C=O) groups is 1. The van der Waals surface area contributed by atoms with Crippen LogP contribution in [0, 0.1) is 20.8 Å². The van der Waals surface area contributed by atoms with E-state index >= 15 is 0 Å². The number of aromatic nitrogens is 3. The Bertz CT molecular complexity index is 816. The van der Waals surface area contributed by atoms with E-state index in [4.69, 9.17) is 0 Å². The molecule has 0 aliphatic heterocycles. The number of nitrogens with one attached hydrogen (secondary N) is 2. The summed E-state index contributed by atoms with van der Waals surface area (Å²) in [6.07, 6.45) is 3.58. The summed E-state index contributed by atoms with van der Waals surface area (Å²) in [7, 11) is 0. The highest BCUT2D eigenvalue weighted by Crippen LogP contribution is 2.18. The number of fused-ring (bicyclic) bond motifs is 1. The van der Waals surface area contributed by atoms with E-state index in [9.17, 15) is 9.59 Å². The zero-order chi connectivity index (χ0) is 16.6. The molecule has 0 bridgehead atoms. The molecule has 2 aromatic rings. The van der Waals surface area contributed by atoms with Gasteiger partial charge in [0.1, 0.15) is 0 Å². The van der Waals surface area contributed by atoms with Gasteiger partial charge < -0.3 is 0 Å². The van der Waals surface area contributed by atoms with E-state index in [1.807, 2.05) is 19.9 Å². The molecule has 0 saturated carbocycles. The van der Waals surface area contributed by atoms with Gasteiger partial charge in [0, 0.05) is 11.3 Å². The average Bonchev–Trinajstić information content (AvgIpc) is 2.46. The van der Waals surface area contributed by atoms with Gasteiger partial charge in [-0.1, -0.05) is 0 Å². The first-order valence-corrected chi connectivity index (χ1v) is 7.84. The number of aryl methyl sites for hydroxylation is 4. The van der Waals surface area contributed by atoms with Crippen molar-refractivity contribution in [1.29, 1.82) is 0 Å². The summed E-state index contributed by atoms with van der Waals surface area (Å²) in [4.78, 5) is 36.1. The van der Waals surface area contributed by atoms with Crippen molar-refractivity contribution in [2.45, 2.75) is 46.5 Å². The Morgan fingerprint density at radius 3 is 2.65 bits per heavy atom. The summed E-state index contributed by atoms with van der Waals surface area (Å²) in [5.41, 5.74) is 4.31. The molecule has 2 N–H and O–H groups in total. The molecule has 0 spiro atoms. The van der Waals surface area contributed by atoms with Crippen molar-refractivity contribution < 1.29 is 4.79 Å². The molecule has 2 heterocycles. The first-order valence-electron chi connectivity index (χ1n) is 7.84. The highest BCUT2D eigenvalue weighted by molar-refractivity contribution is 6.05. The lowest BCUT2D eigenvalue weighted by Crippen LogP contribution is -2.25. The monoisotopic (exact) mass is 312 g/mol. The number of aromatic amines is 1. The molecule has 0 radical (unpaired) electrons. The van der Waals surface area contributed by atoms with Crippen LogP contribution in [0.1, 0.15) is 51.4 Å². The number of pyridine rings is 1. The highest BCUT2D eigenvalue weighted by atomic mass is 16.2. The first-order chi connectivity index (χ1) is 11.0. The van der Waals surface area contributed by atoms with Gasteiger partial charge in [0.25, 0.3) is 11.5 Å². The first kappa shape index (κ1) is 15.4. The van der Waals surface area contributed by atoms with E-state index in [0.29, 0.717) is 11.3 Å². The van der Waals surface area contributed by atoms with Gasteiger partial charge in [-0.2, -0.15) is 0 Å². The summed E-state index contributed by atoms with van der Waals surface area (Å²) in [6.45, 7) is 5.57. The minimum atomic E-state index is -0.300.